The predicted molar refractivity (Wildman–Crippen MR) is 65.0 cm³/mol. The van der Waals surface area contributed by atoms with Gasteiger partial charge in [0.15, 0.2) is 0 Å². The number of hydrogen-bond donors (Lipinski definition) is 1. The molecule has 0 saturated heterocycles. The van der Waals surface area contributed by atoms with Crippen LogP contribution in [0.3, 0.4) is 0 Å². The number of aryl methyl sites for hydroxylation is 1. The maximum Gasteiger partial charge on any atom is 0.425 e. The molecule has 1 aromatic heterocycles. The molecule has 0 unspecified atom stereocenters. The van der Waals surface area contributed by atoms with Crippen molar-refractivity contribution in [1.82, 2.24) is 9.78 Å². The first-order chi connectivity index (χ1) is 8.49. The Bertz CT molecular complexity index is 649. The molecule has 0 atom stereocenters. The summed E-state index contributed by atoms with van der Waals surface area (Å²) >= 11 is 0. The molecule has 0 radical (unpaired) electrons. The average molecular weight is 268 g/mol. The van der Waals surface area contributed by atoms with Crippen LogP contribution in [0.15, 0.2) is 41.2 Å². The molecule has 6 nitrogen and oxygen atoms in total. The fourth-order valence-electron chi connectivity index (χ4n) is 1.45. The van der Waals surface area contributed by atoms with Gasteiger partial charge in [0.05, 0.1) is 6.54 Å². The molecule has 0 aliphatic heterocycles. The van der Waals surface area contributed by atoms with Crippen molar-refractivity contribution in [3.8, 4) is 0 Å². The molecular formula is C11H12N2O4S. The zero-order valence-electron chi connectivity index (χ0n) is 9.66. The highest BCUT2D eigenvalue weighted by Crippen LogP contribution is 1.99. The second-order valence-corrected chi connectivity index (χ2v) is 3.96. The Morgan fingerprint density at radius 3 is 2.17 bits per heavy atom. The van der Waals surface area contributed by atoms with Crippen LogP contribution < -0.4 is 5.56 Å². The van der Waals surface area contributed by atoms with E-state index in [0.717, 1.165) is 11.3 Å². The number of rotatable bonds is 2. The molecule has 0 fully saturated rings. The second kappa shape index (κ2) is 6.55. The number of hydrogen-bond acceptors (Lipinski definition) is 4. The molecule has 96 valence electrons. The summed E-state index contributed by atoms with van der Waals surface area (Å²) < 4.78 is 26.9. The van der Waals surface area contributed by atoms with Crippen LogP contribution in [0.25, 0.3) is 0 Å². The highest BCUT2D eigenvalue weighted by Gasteiger charge is 1.99. The van der Waals surface area contributed by atoms with E-state index in [9.17, 15) is 4.79 Å². The van der Waals surface area contributed by atoms with Gasteiger partial charge in [0.25, 0.3) is 5.56 Å². The molecule has 7 heteroatoms. The maximum atomic E-state index is 11.4. The van der Waals surface area contributed by atoms with E-state index >= 15 is 0 Å². The van der Waals surface area contributed by atoms with Gasteiger partial charge < -0.3 is 0 Å². The van der Waals surface area contributed by atoms with Crippen molar-refractivity contribution < 1.29 is 12.6 Å². The molecule has 0 saturated carbocycles. The fourth-order valence-corrected chi connectivity index (χ4v) is 1.45. The lowest BCUT2D eigenvalue weighted by atomic mass is 10.2. The number of nitrogens with one attached hydrogen (secondary N) is 1. The summed E-state index contributed by atoms with van der Waals surface area (Å²) in [4.78, 5) is 11.4. The van der Waals surface area contributed by atoms with Gasteiger partial charge in [-0.3, -0.25) is 9.89 Å². The fraction of sp³-hybridized carbons (Fsp3) is 0.182. The number of aromatic nitrogens is 2. The third-order valence-electron chi connectivity index (χ3n) is 2.10. The van der Waals surface area contributed by atoms with Gasteiger partial charge in [-0.15, -0.1) is 12.6 Å². The summed E-state index contributed by atoms with van der Waals surface area (Å²) in [5.74, 6) is 0. The van der Waals surface area contributed by atoms with Gasteiger partial charge in [0, 0.05) is 11.8 Å². The Morgan fingerprint density at radius 1 is 1.17 bits per heavy atom. The minimum Gasteiger partial charge on any atom is -0.300 e. The zero-order valence-corrected chi connectivity index (χ0v) is 10.5. The highest BCUT2D eigenvalue weighted by atomic mass is 32.2. The lowest BCUT2D eigenvalue weighted by Gasteiger charge is -2.01. The minimum absolute atomic E-state index is 0.0198. The number of nitrogens with zero attached hydrogens (tertiary/aromatic N) is 1. The second-order valence-electron chi connectivity index (χ2n) is 3.55. The highest BCUT2D eigenvalue weighted by molar-refractivity contribution is 7.59. The van der Waals surface area contributed by atoms with Crippen molar-refractivity contribution in [2.75, 3.05) is 0 Å². The summed E-state index contributed by atoms with van der Waals surface area (Å²) in [6, 6.07) is 11.5. The molecule has 1 N–H and O–H groups in total. The Balaban J connectivity index is 0.000000357. The van der Waals surface area contributed by atoms with Crippen LogP contribution in [-0.4, -0.2) is 22.4 Å². The van der Waals surface area contributed by atoms with E-state index in [1.54, 1.807) is 10.7 Å². The van der Waals surface area contributed by atoms with Crippen LogP contribution in [0.4, 0.5) is 0 Å². The van der Waals surface area contributed by atoms with Crippen molar-refractivity contribution in [3.63, 3.8) is 0 Å². The van der Waals surface area contributed by atoms with Gasteiger partial charge in [-0.2, -0.15) is 0 Å². The van der Waals surface area contributed by atoms with Crippen molar-refractivity contribution >= 4 is 10.6 Å². The smallest absolute Gasteiger partial charge is 0.300 e. The first-order valence-corrected chi connectivity index (χ1v) is 6.06. The van der Waals surface area contributed by atoms with E-state index in [2.05, 4.69) is 5.10 Å². The number of aromatic amines is 1. The van der Waals surface area contributed by atoms with Crippen LogP contribution in [0.1, 0.15) is 11.3 Å². The van der Waals surface area contributed by atoms with Crippen molar-refractivity contribution in [3.05, 3.63) is 58.0 Å². The van der Waals surface area contributed by atoms with Crippen LogP contribution in [-0.2, 0) is 17.2 Å². The third-order valence-corrected chi connectivity index (χ3v) is 2.10. The topological polar surface area (TPSA) is 89.0 Å². The summed E-state index contributed by atoms with van der Waals surface area (Å²) in [5.41, 5.74) is 2.04. The summed E-state index contributed by atoms with van der Waals surface area (Å²) in [6.07, 6.45) is 0. The van der Waals surface area contributed by atoms with Gasteiger partial charge in [-0.05, 0) is 12.5 Å². The minimum atomic E-state index is -3.11. The molecule has 1 aromatic carbocycles. The van der Waals surface area contributed by atoms with Crippen LogP contribution in [0.2, 0.25) is 0 Å². The van der Waals surface area contributed by atoms with Gasteiger partial charge in [-0.25, -0.2) is 4.68 Å². The number of H-pyrrole nitrogens is 1. The summed E-state index contributed by atoms with van der Waals surface area (Å²) in [5, 5.41) is 3.00. The lowest BCUT2D eigenvalue weighted by molar-refractivity contribution is 0.559. The van der Waals surface area contributed by atoms with Gasteiger partial charge >= 0.3 is 10.6 Å². The van der Waals surface area contributed by atoms with Gasteiger partial charge in [0.2, 0.25) is 0 Å². The van der Waals surface area contributed by atoms with Crippen molar-refractivity contribution in [2.45, 2.75) is 13.5 Å². The van der Waals surface area contributed by atoms with E-state index < -0.39 is 10.6 Å². The Kier molecular flexibility index (Phi) is 5.06. The van der Waals surface area contributed by atoms with E-state index in [4.69, 9.17) is 12.6 Å². The van der Waals surface area contributed by atoms with Gasteiger partial charge in [-0.1, -0.05) is 30.3 Å². The molecule has 1 heterocycles. The quantitative estimate of drug-likeness (QED) is 0.860. The average Bonchev–Trinajstić information content (AvgIpc) is 2.58. The molecule has 2 rings (SSSR count). The van der Waals surface area contributed by atoms with Gasteiger partial charge in [0.1, 0.15) is 0 Å². The largest absolute Gasteiger partial charge is 0.425 e. The molecule has 18 heavy (non-hydrogen) atoms. The SMILES string of the molecule is Cc1cc(=O)n(Cc2ccccc2)[nH]1.O=S(=O)=O. The summed E-state index contributed by atoms with van der Waals surface area (Å²) in [7, 11) is -3.11. The first-order valence-electron chi connectivity index (χ1n) is 5.06. The normalized spacial score (nSPS) is 9.39. The number of benzene rings is 1. The zero-order chi connectivity index (χ0) is 13.5. The Labute approximate surface area is 105 Å². The van der Waals surface area contributed by atoms with E-state index in [1.807, 2.05) is 37.3 Å². The van der Waals surface area contributed by atoms with Crippen molar-refractivity contribution in [1.29, 1.82) is 0 Å². The monoisotopic (exact) mass is 268 g/mol. The lowest BCUT2D eigenvalue weighted by Crippen LogP contribution is -2.16. The van der Waals surface area contributed by atoms with Crippen LogP contribution in [0.5, 0.6) is 0 Å². The van der Waals surface area contributed by atoms with Crippen LogP contribution >= 0.6 is 0 Å². The molecule has 0 bridgehead atoms. The molecule has 0 amide bonds. The summed E-state index contributed by atoms with van der Waals surface area (Å²) in [6.45, 7) is 2.48. The van der Waals surface area contributed by atoms with E-state index in [-0.39, 0.29) is 5.56 Å². The Hall–Kier alpha value is -2.15. The van der Waals surface area contributed by atoms with Crippen molar-refractivity contribution in [2.24, 2.45) is 0 Å². The van der Waals surface area contributed by atoms with E-state index in [0.29, 0.717) is 6.54 Å². The van der Waals surface area contributed by atoms with E-state index in [1.165, 1.54) is 0 Å². The van der Waals surface area contributed by atoms with Crippen LogP contribution in [0, 0.1) is 6.92 Å². The molecule has 0 aliphatic carbocycles. The molecular weight excluding hydrogens is 256 g/mol. The standard InChI is InChI=1S/C11H12N2O.O3S/c1-9-7-11(14)13(12-9)8-10-5-3-2-4-6-10;1-4(2)3/h2-7,12H,8H2,1H3;. The third kappa shape index (κ3) is 4.79. The molecule has 0 aliphatic rings. The molecule has 0 spiro atoms. The predicted octanol–water partition coefficient (Wildman–Crippen LogP) is 0.529. The molecule has 2 aromatic rings. The first kappa shape index (κ1) is 13.9. The maximum absolute atomic E-state index is 11.4. The Morgan fingerprint density at radius 2 is 1.72 bits per heavy atom.